The summed E-state index contributed by atoms with van der Waals surface area (Å²) in [5, 5.41) is 14.0. The van der Waals surface area contributed by atoms with Gasteiger partial charge >= 0.3 is 6.01 Å². The molecule has 2 aromatic heterocycles. The predicted molar refractivity (Wildman–Crippen MR) is 85.0 cm³/mol. The quantitative estimate of drug-likeness (QED) is 0.782. The Labute approximate surface area is 141 Å². The number of carbonyl (C=O) groups is 1. The van der Waals surface area contributed by atoms with E-state index in [1.54, 1.807) is 17.7 Å². The van der Waals surface area contributed by atoms with E-state index in [0.717, 1.165) is 6.07 Å². The normalized spacial score (nSPS) is 11.1. The smallest absolute Gasteiger partial charge is 0.322 e. The zero-order chi connectivity index (χ0) is 18.1. The number of nitrogens with zero attached hydrogens (tertiary/aromatic N) is 4. The summed E-state index contributed by atoms with van der Waals surface area (Å²) in [6.07, 6.45) is 0. The average molecular weight is 347 g/mol. The molecule has 2 heterocycles. The summed E-state index contributed by atoms with van der Waals surface area (Å²) < 4.78 is 33.5. The first-order valence-corrected chi connectivity index (χ1v) is 7.51. The summed E-state index contributed by atoms with van der Waals surface area (Å²) in [5.74, 6) is -2.20. The van der Waals surface area contributed by atoms with Gasteiger partial charge in [-0.15, -0.1) is 5.10 Å². The van der Waals surface area contributed by atoms with Crippen molar-refractivity contribution in [3.8, 4) is 11.5 Å². The van der Waals surface area contributed by atoms with Crippen LogP contribution >= 0.6 is 0 Å². The van der Waals surface area contributed by atoms with E-state index in [1.165, 1.54) is 6.07 Å². The Balaban J connectivity index is 1.83. The van der Waals surface area contributed by atoms with Gasteiger partial charge in [-0.2, -0.15) is 5.10 Å². The van der Waals surface area contributed by atoms with Gasteiger partial charge in [-0.1, -0.05) is 5.10 Å². The van der Waals surface area contributed by atoms with Gasteiger partial charge in [0.1, 0.15) is 17.3 Å². The fraction of sp³-hybridized carbons (Fsp3) is 0.250. The van der Waals surface area contributed by atoms with E-state index in [0.29, 0.717) is 17.5 Å². The first-order valence-electron chi connectivity index (χ1n) is 7.51. The van der Waals surface area contributed by atoms with Crippen LogP contribution in [0.15, 0.2) is 28.7 Å². The van der Waals surface area contributed by atoms with Gasteiger partial charge in [-0.25, -0.2) is 8.78 Å². The van der Waals surface area contributed by atoms with Crippen LogP contribution in [0.1, 0.15) is 36.1 Å². The molecule has 1 aromatic carbocycles. The van der Waals surface area contributed by atoms with Gasteiger partial charge in [0.25, 0.3) is 11.8 Å². The van der Waals surface area contributed by atoms with Crippen LogP contribution < -0.4 is 5.32 Å². The fourth-order valence-corrected chi connectivity index (χ4v) is 2.29. The zero-order valence-corrected chi connectivity index (χ0v) is 13.7. The highest BCUT2D eigenvalue weighted by Gasteiger charge is 2.19. The first-order chi connectivity index (χ1) is 11.8. The average Bonchev–Trinajstić information content (AvgIpc) is 3.14. The number of amides is 1. The lowest BCUT2D eigenvalue weighted by atomic mass is 10.2. The summed E-state index contributed by atoms with van der Waals surface area (Å²) in [4.78, 5) is 12.4. The zero-order valence-electron chi connectivity index (χ0n) is 13.7. The Kier molecular flexibility index (Phi) is 4.30. The summed E-state index contributed by atoms with van der Waals surface area (Å²) >= 11 is 0. The fourth-order valence-electron chi connectivity index (χ4n) is 2.29. The van der Waals surface area contributed by atoms with Crippen molar-refractivity contribution < 1.29 is 18.0 Å². The number of halogens is 2. The lowest BCUT2D eigenvalue weighted by molar-refractivity contribution is 0.101. The molecule has 0 fully saturated rings. The van der Waals surface area contributed by atoms with Crippen LogP contribution in [0.4, 0.5) is 14.8 Å². The molecule has 1 N–H and O–H groups in total. The monoisotopic (exact) mass is 347 g/mol. The first kappa shape index (κ1) is 16.7. The van der Waals surface area contributed by atoms with Crippen LogP contribution in [-0.2, 0) is 0 Å². The minimum absolute atomic E-state index is 0.0130. The molecule has 0 bridgehead atoms. The van der Waals surface area contributed by atoms with Gasteiger partial charge in [0.2, 0.25) is 0 Å². The number of hydrogen-bond donors (Lipinski definition) is 1. The van der Waals surface area contributed by atoms with Crippen molar-refractivity contribution in [1.29, 1.82) is 0 Å². The number of benzene rings is 1. The number of anilines is 1. The van der Waals surface area contributed by atoms with E-state index in [1.807, 2.05) is 13.8 Å². The molecule has 3 aromatic rings. The highest BCUT2D eigenvalue weighted by molar-refractivity contribution is 6.02. The van der Waals surface area contributed by atoms with E-state index < -0.39 is 17.5 Å². The SMILES string of the molecule is Cc1cc(C(=O)Nc2nnc(-c3ccc(F)cc3F)o2)n(C(C)C)n1. The van der Waals surface area contributed by atoms with Crippen molar-refractivity contribution in [3.63, 3.8) is 0 Å². The Morgan fingerprint density at radius 3 is 2.68 bits per heavy atom. The molecule has 0 atom stereocenters. The molecule has 0 aliphatic rings. The Morgan fingerprint density at radius 2 is 2.00 bits per heavy atom. The maximum Gasteiger partial charge on any atom is 0.322 e. The minimum Gasteiger partial charge on any atom is -0.403 e. The van der Waals surface area contributed by atoms with Crippen molar-refractivity contribution in [3.05, 3.63) is 47.3 Å². The topological polar surface area (TPSA) is 85.8 Å². The van der Waals surface area contributed by atoms with Crippen molar-refractivity contribution in [2.75, 3.05) is 5.32 Å². The molecule has 0 radical (unpaired) electrons. The van der Waals surface area contributed by atoms with Crippen molar-refractivity contribution in [1.82, 2.24) is 20.0 Å². The van der Waals surface area contributed by atoms with Crippen molar-refractivity contribution >= 4 is 11.9 Å². The van der Waals surface area contributed by atoms with Crippen molar-refractivity contribution in [2.45, 2.75) is 26.8 Å². The molecule has 7 nitrogen and oxygen atoms in total. The second-order valence-corrected chi connectivity index (χ2v) is 5.70. The molecule has 9 heteroatoms. The minimum atomic E-state index is -0.838. The van der Waals surface area contributed by atoms with Crippen LogP contribution in [0.2, 0.25) is 0 Å². The summed E-state index contributed by atoms with van der Waals surface area (Å²) in [6, 6.07) is 4.39. The van der Waals surface area contributed by atoms with Gasteiger partial charge in [0.05, 0.1) is 11.3 Å². The highest BCUT2D eigenvalue weighted by Crippen LogP contribution is 2.24. The third kappa shape index (κ3) is 3.39. The third-order valence-corrected chi connectivity index (χ3v) is 3.39. The second kappa shape index (κ2) is 6.42. The highest BCUT2D eigenvalue weighted by atomic mass is 19.1. The van der Waals surface area contributed by atoms with E-state index >= 15 is 0 Å². The number of nitrogens with one attached hydrogen (secondary N) is 1. The summed E-state index contributed by atoms with van der Waals surface area (Å²) in [6.45, 7) is 5.56. The van der Waals surface area contributed by atoms with Crippen LogP contribution in [-0.4, -0.2) is 25.9 Å². The molecule has 130 valence electrons. The molecule has 0 saturated heterocycles. The number of carbonyl (C=O) groups excluding carboxylic acids is 1. The number of aryl methyl sites for hydroxylation is 1. The van der Waals surface area contributed by atoms with Crippen molar-refractivity contribution in [2.24, 2.45) is 0 Å². The lowest BCUT2D eigenvalue weighted by Crippen LogP contribution is -2.19. The lowest BCUT2D eigenvalue weighted by Gasteiger charge is -2.09. The van der Waals surface area contributed by atoms with Gasteiger partial charge in [0.15, 0.2) is 0 Å². The molecular weight excluding hydrogens is 332 g/mol. The molecule has 0 spiro atoms. The molecule has 0 unspecified atom stereocenters. The molecule has 0 aliphatic carbocycles. The maximum absolute atomic E-state index is 13.8. The van der Waals surface area contributed by atoms with Gasteiger partial charge < -0.3 is 4.42 Å². The van der Waals surface area contributed by atoms with E-state index in [4.69, 9.17) is 4.42 Å². The van der Waals surface area contributed by atoms with E-state index in [9.17, 15) is 13.6 Å². The van der Waals surface area contributed by atoms with E-state index in [-0.39, 0.29) is 23.5 Å². The second-order valence-electron chi connectivity index (χ2n) is 5.70. The molecule has 1 amide bonds. The molecule has 0 saturated carbocycles. The number of aromatic nitrogens is 4. The Hall–Kier alpha value is -3.10. The largest absolute Gasteiger partial charge is 0.403 e. The Bertz CT molecular complexity index is 933. The van der Waals surface area contributed by atoms with Crippen LogP contribution in [0.3, 0.4) is 0 Å². The summed E-state index contributed by atoms with van der Waals surface area (Å²) in [5.41, 5.74) is 0.969. The van der Waals surface area contributed by atoms with Gasteiger partial charge in [0, 0.05) is 12.1 Å². The van der Waals surface area contributed by atoms with Crippen LogP contribution in [0.25, 0.3) is 11.5 Å². The molecule has 25 heavy (non-hydrogen) atoms. The number of hydrogen-bond acceptors (Lipinski definition) is 5. The van der Waals surface area contributed by atoms with Gasteiger partial charge in [-0.05, 0) is 39.0 Å². The van der Waals surface area contributed by atoms with Crippen LogP contribution in [0, 0.1) is 18.6 Å². The molecule has 0 aliphatic heterocycles. The molecular formula is C16H15F2N5O2. The molecule has 3 rings (SSSR count). The van der Waals surface area contributed by atoms with E-state index in [2.05, 4.69) is 20.6 Å². The third-order valence-electron chi connectivity index (χ3n) is 3.39. The Morgan fingerprint density at radius 1 is 1.24 bits per heavy atom. The predicted octanol–water partition coefficient (Wildman–Crippen LogP) is 3.35. The number of rotatable bonds is 4. The summed E-state index contributed by atoms with van der Waals surface area (Å²) in [7, 11) is 0. The van der Waals surface area contributed by atoms with Gasteiger partial charge in [-0.3, -0.25) is 14.8 Å². The van der Waals surface area contributed by atoms with Crippen LogP contribution in [0.5, 0.6) is 0 Å². The standard InChI is InChI=1S/C16H15F2N5O2/c1-8(2)23-13(6-9(3)22-23)14(24)19-16-21-20-15(25-16)11-5-4-10(17)7-12(11)18/h4-8H,1-3H3,(H,19,21,24). The maximum atomic E-state index is 13.8.